The Balaban J connectivity index is 2.37. The van der Waals surface area contributed by atoms with E-state index in [0.717, 1.165) is 6.07 Å². The van der Waals surface area contributed by atoms with Crippen LogP contribution in [0.3, 0.4) is 0 Å². The molecule has 0 aliphatic carbocycles. The fourth-order valence-electron chi connectivity index (χ4n) is 2.59. The molecule has 0 atom stereocenters. The number of alkyl carbamates (subject to hydrolysis) is 1. The Hall–Kier alpha value is -2.46. The number of amides is 1. The fraction of sp³-hybridized carbons (Fsp3) is 0.550. The van der Waals surface area contributed by atoms with Crippen molar-refractivity contribution in [3.8, 4) is 0 Å². The number of aromatic carboxylic acids is 1. The van der Waals surface area contributed by atoms with E-state index in [-0.39, 0.29) is 12.2 Å². The normalized spacial score (nSPS) is 18.3. The predicted molar refractivity (Wildman–Crippen MR) is 109 cm³/mol. The average Bonchev–Trinajstić information content (AvgIpc) is 2.78. The number of halogens is 1. The summed E-state index contributed by atoms with van der Waals surface area (Å²) >= 11 is 0. The summed E-state index contributed by atoms with van der Waals surface area (Å²) in [5.74, 6) is -2.40. The van der Waals surface area contributed by atoms with Gasteiger partial charge < -0.3 is 24.5 Å². The molecule has 2 N–H and O–H groups in total. The van der Waals surface area contributed by atoms with E-state index < -0.39 is 47.4 Å². The van der Waals surface area contributed by atoms with Crippen LogP contribution in [0.5, 0.6) is 0 Å². The van der Waals surface area contributed by atoms with Crippen molar-refractivity contribution in [1.29, 1.82) is 0 Å². The molecule has 0 saturated carbocycles. The van der Waals surface area contributed by atoms with Crippen LogP contribution < -0.4 is 5.32 Å². The topological polar surface area (TPSA) is 107 Å². The molecule has 0 spiro atoms. The summed E-state index contributed by atoms with van der Waals surface area (Å²) in [4.78, 5) is 27.2. The van der Waals surface area contributed by atoms with Crippen LogP contribution in [-0.4, -0.2) is 52.6 Å². The van der Waals surface area contributed by atoms with Gasteiger partial charge in [-0.2, -0.15) is 0 Å². The maximum absolute atomic E-state index is 14.6. The molecule has 1 amide bonds. The van der Waals surface area contributed by atoms with Crippen LogP contribution in [0.4, 0.5) is 9.18 Å². The lowest BCUT2D eigenvalue weighted by Gasteiger charge is -2.32. The Labute approximate surface area is 175 Å². The summed E-state index contributed by atoms with van der Waals surface area (Å²) < 4.78 is 31.8. The smallest absolute Gasteiger partial charge is 0.478 e. The van der Waals surface area contributed by atoms with Gasteiger partial charge in [0.2, 0.25) is 0 Å². The first-order valence-corrected chi connectivity index (χ1v) is 9.54. The van der Waals surface area contributed by atoms with E-state index in [2.05, 4.69) is 10.3 Å². The van der Waals surface area contributed by atoms with E-state index >= 15 is 0 Å². The van der Waals surface area contributed by atoms with E-state index in [0.29, 0.717) is 5.47 Å². The second-order valence-electron chi connectivity index (χ2n) is 9.03. The van der Waals surface area contributed by atoms with Crippen molar-refractivity contribution in [2.75, 3.05) is 6.54 Å². The number of pyridine rings is 1. The summed E-state index contributed by atoms with van der Waals surface area (Å²) in [6, 6.07) is 1.07. The van der Waals surface area contributed by atoms with Crippen LogP contribution in [0.2, 0.25) is 0 Å². The number of hydrogen-bond donors (Lipinski definition) is 2. The van der Waals surface area contributed by atoms with Crippen molar-refractivity contribution in [1.82, 2.24) is 10.3 Å². The van der Waals surface area contributed by atoms with E-state index in [9.17, 15) is 14.0 Å². The van der Waals surface area contributed by atoms with E-state index in [1.165, 1.54) is 12.3 Å². The Bertz CT molecular complexity index is 847. The number of nitrogens with zero attached hydrogens (tertiary/aromatic N) is 1. The van der Waals surface area contributed by atoms with Crippen LogP contribution in [-0.2, 0) is 14.0 Å². The minimum atomic E-state index is -1.41. The lowest BCUT2D eigenvalue weighted by Crippen LogP contribution is -2.41. The summed E-state index contributed by atoms with van der Waals surface area (Å²) in [6.45, 7) is 12.5. The zero-order valence-electron chi connectivity index (χ0n) is 18.3. The van der Waals surface area contributed by atoms with Crippen molar-refractivity contribution in [3.63, 3.8) is 0 Å². The Morgan fingerprint density at radius 3 is 2.33 bits per heavy atom. The highest BCUT2D eigenvalue weighted by Gasteiger charge is 2.52. The molecule has 2 rings (SSSR count). The molecule has 30 heavy (non-hydrogen) atoms. The van der Waals surface area contributed by atoms with E-state index in [1.807, 2.05) is 27.7 Å². The maximum atomic E-state index is 14.6. The number of carbonyl (C=O) groups excluding carboxylic acids is 1. The largest absolute Gasteiger partial charge is 0.492 e. The molecule has 164 valence electrons. The predicted octanol–water partition coefficient (Wildman–Crippen LogP) is 3.46. The summed E-state index contributed by atoms with van der Waals surface area (Å²) in [6.07, 6.45) is 1.85. The van der Waals surface area contributed by atoms with Gasteiger partial charge in [-0.1, -0.05) is 0 Å². The first kappa shape index (κ1) is 23.8. The Morgan fingerprint density at radius 1 is 1.27 bits per heavy atom. The highest BCUT2D eigenvalue weighted by atomic mass is 19.1. The monoisotopic (exact) mass is 422 g/mol. The van der Waals surface area contributed by atoms with Crippen LogP contribution >= 0.6 is 0 Å². The second-order valence-corrected chi connectivity index (χ2v) is 9.03. The number of nitrogens with one attached hydrogen (secondary N) is 1. The molecule has 0 radical (unpaired) electrons. The molecule has 0 aromatic carbocycles. The molecule has 1 aromatic heterocycles. The number of ether oxygens (including phenoxy) is 1. The number of carbonyl (C=O) groups is 2. The molecule has 8 nitrogen and oxygen atoms in total. The standard InChI is InChI=1S/C20H28BFN2O6/c1-18(2,3)28-17(27)24-11-12(21-29-19(4,5)20(6,7)30-21)10-14-15(22)13(16(25)26)8-9-23-14/h8-10H,11H2,1-7H3,(H,24,27)(H,25,26). The molecule has 1 aromatic rings. The maximum Gasteiger partial charge on any atom is 0.492 e. The molecular weight excluding hydrogens is 394 g/mol. The van der Waals surface area contributed by atoms with Gasteiger partial charge in [-0.3, -0.25) is 4.98 Å². The lowest BCUT2D eigenvalue weighted by molar-refractivity contribution is 0.00578. The molecular formula is C20H28BFN2O6. The molecule has 0 unspecified atom stereocenters. The quantitative estimate of drug-likeness (QED) is 0.700. The van der Waals surface area contributed by atoms with Gasteiger partial charge in [0.1, 0.15) is 5.60 Å². The first-order chi connectivity index (χ1) is 13.6. The van der Waals surface area contributed by atoms with Crippen molar-refractivity contribution >= 4 is 25.3 Å². The number of carboxylic acid groups (broad SMARTS) is 1. The minimum Gasteiger partial charge on any atom is -0.478 e. The number of hydrogen-bond acceptors (Lipinski definition) is 6. The van der Waals surface area contributed by atoms with Gasteiger partial charge >= 0.3 is 19.2 Å². The van der Waals surface area contributed by atoms with Gasteiger partial charge in [-0.25, -0.2) is 14.0 Å². The van der Waals surface area contributed by atoms with Crippen LogP contribution in [0.15, 0.2) is 17.7 Å². The van der Waals surface area contributed by atoms with Crippen molar-refractivity contribution in [2.45, 2.75) is 65.3 Å². The van der Waals surface area contributed by atoms with Gasteiger partial charge in [-0.15, -0.1) is 0 Å². The summed E-state index contributed by atoms with van der Waals surface area (Å²) in [5, 5.41) is 11.7. The highest BCUT2D eigenvalue weighted by Crippen LogP contribution is 2.38. The van der Waals surface area contributed by atoms with Crippen molar-refractivity contribution < 1.29 is 33.1 Å². The first-order valence-electron chi connectivity index (χ1n) is 9.54. The summed E-state index contributed by atoms with van der Waals surface area (Å²) in [7, 11) is -0.903. The van der Waals surface area contributed by atoms with E-state index in [1.54, 1.807) is 20.8 Å². The van der Waals surface area contributed by atoms with E-state index in [4.69, 9.17) is 19.2 Å². The summed E-state index contributed by atoms with van der Waals surface area (Å²) in [5.41, 5.74) is -2.39. The molecule has 1 aliphatic heterocycles. The lowest BCUT2D eigenvalue weighted by atomic mass is 9.77. The van der Waals surface area contributed by atoms with Gasteiger partial charge in [0.15, 0.2) is 5.82 Å². The third-order valence-electron chi connectivity index (χ3n) is 4.86. The fourth-order valence-corrected chi connectivity index (χ4v) is 2.59. The highest BCUT2D eigenvalue weighted by molar-refractivity contribution is 6.56. The minimum absolute atomic E-state index is 0.0792. The number of aromatic nitrogens is 1. The zero-order chi connectivity index (χ0) is 22.9. The molecule has 1 aliphatic rings. The van der Waals surface area contributed by atoms with Gasteiger partial charge in [-0.05, 0) is 66.1 Å². The van der Waals surface area contributed by atoms with Gasteiger partial charge in [0.05, 0.1) is 22.5 Å². The molecule has 10 heteroatoms. The third kappa shape index (κ3) is 5.57. The SMILES string of the molecule is CC(C)(C)OC(=O)NCC(=Cc1nccc(C(=O)O)c1F)B1OC(C)(C)C(C)(C)O1. The molecule has 1 fully saturated rings. The van der Waals surface area contributed by atoms with Crippen LogP contribution in [0.1, 0.15) is 64.5 Å². The zero-order valence-corrected chi connectivity index (χ0v) is 18.3. The van der Waals surface area contributed by atoms with Crippen molar-refractivity contribution in [2.24, 2.45) is 0 Å². The van der Waals surface area contributed by atoms with Crippen LogP contribution in [0, 0.1) is 5.82 Å². The van der Waals surface area contributed by atoms with Gasteiger partial charge in [0.25, 0.3) is 0 Å². The molecule has 0 bridgehead atoms. The average molecular weight is 422 g/mol. The molecule has 1 saturated heterocycles. The second kappa shape index (κ2) is 8.35. The molecule has 2 heterocycles. The van der Waals surface area contributed by atoms with Crippen molar-refractivity contribution in [3.05, 3.63) is 34.8 Å². The van der Waals surface area contributed by atoms with Crippen LogP contribution in [0.25, 0.3) is 6.08 Å². The number of carboxylic acids is 1. The third-order valence-corrected chi connectivity index (χ3v) is 4.86. The Morgan fingerprint density at radius 2 is 1.83 bits per heavy atom. The number of rotatable bonds is 5. The van der Waals surface area contributed by atoms with Gasteiger partial charge in [0, 0.05) is 12.7 Å². The Kier molecular flexibility index (Phi) is 6.63.